The summed E-state index contributed by atoms with van der Waals surface area (Å²) in [6.07, 6.45) is 4.04. The maximum Gasteiger partial charge on any atom is 0.00788 e. The molecule has 0 spiro atoms. The van der Waals surface area contributed by atoms with Gasteiger partial charge in [0.05, 0.1) is 0 Å². The summed E-state index contributed by atoms with van der Waals surface area (Å²) in [5.41, 5.74) is 2.94. The molecule has 1 aromatic rings. The lowest BCUT2D eigenvalue weighted by atomic mass is 9.75. The monoisotopic (exact) mass is 272 g/mol. The zero-order valence-electron chi connectivity index (χ0n) is 12.9. The Morgan fingerprint density at radius 2 is 2.15 bits per heavy atom. The van der Waals surface area contributed by atoms with Crippen molar-refractivity contribution in [2.75, 3.05) is 26.2 Å². The molecule has 2 nitrogen and oxygen atoms in total. The molecule has 1 unspecified atom stereocenters. The summed E-state index contributed by atoms with van der Waals surface area (Å²) < 4.78 is 0. The number of hydrogen-bond donors (Lipinski definition) is 1. The van der Waals surface area contributed by atoms with E-state index >= 15 is 0 Å². The van der Waals surface area contributed by atoms with Gasteiger partial charge in [0.25, 0.3) is 0 Å². The summed E-state index contributed by atoms with van der Waals surface area (Å²) in [5, 5.41) is 3.79. The van der Waals surface area contributed by atoms with Crippen LogP contribution in [0.25, 0.3) is 0 Å². The van der Waals surface area contributed by atoms with E-state index < -0.39 is 0 Å². The molecule has 110 valence electrons. The van der Waals surface area contributed by atoms with Crippen molar-refractivity contribution in [3.8, 4) is 0 Å². The van der Waals surface area contributed by atoms with E-state index in [2.05, 4.69) is 48.3 Å². The lowest BCUT2D eigenvalue weighted by Gasteiger charge is -2.37. The molecule has 1 heterocycles. The molecule has 0 bridgehead atoms. The molecule has 20 heavy (non-hydrogen) atoms. The van der Waals surface area contributed by atoms with Gasteiger partial charge in [0.1, 0.15) is 0 Å². The first kappa shape index (κ1) is 14.1. The second kappa shape index (κ2) is 6.28. The predicted molar refractivity (Wildman–Crippen MR) is 85.2 cm³/mol. The summed E-state index contributed by atoms with van der Waals surface area (Å²) in [4.78, 5) is 2.57. The summed E-state index contributed by atoms with van der Waals surface area (Å²) in [7, 11) is 0. The minimum absolute atomic E-state index is 0.760. The molecule has 1 aliphatic carbocycles. The normalized spacial score (nSPS) is 30.4. The summed E-state index contributed by atoms with van der Waals surface area (Å²) in [6.45, 7) is 9.51. The summed E-state index contributed by atoms with van der Waals surface area (Å²) in [6, 6.07) is 9.80. The highest BCUT2D eigenvalue weighted by atomic mass is 15.1. The average molecular weight is 272 g/mol. The highest BCUT2D eigenvalue weighted by Gasteiger charge is 2.31. The number of rotatable bonds is 5. The minimum Gasteiger partial charge on any atom is -0.314 e. The third-order valence-electron chi connectivity index (χ3n) is 5.16. The molecule has 2 aliphatic rings. The number of nitrogens with one attached hydrogen (secondary N) is 1. The Morgan fingerprint density at radius 3 is 2.85 bits per heavy atom. The van der Waals surface area contributed by atoms with Crippen LogP contribution in [0.15, 0.2) is 24.3 Å². The maximum absolute atomic E-state index is 3.79. The fraction of sp³-hybridized carbons (Fsp3) is 0.667. The van der Waals surface area contributed by atoms with Gasteiger partial charge in [-0.05, 0) is 63.2 Å². The first-order chi connectivity index (χ1) is 9.74. The third kappa shape index (κ3) is 3.24. The Hall–Kier alpha value is -0.860. The second-order valence-corrected chi connectivity index (χ2v) is 6.74. The van der Waals surface area contributed by atoms with E-state index in [1.54, 1.807) is 5.56 Å². The van der Waals surface area contributed by atoms with Crippen LogP contribution in [0, 0.1) is 12.8 Å². The summed E-state index contributed by atoms with van der Waals surface area (Å²) >= 11 is 0. The molecule has 1 aliphatic heterocycles. The Morgan fingerprint density at radius 1 is 1.30 bits per heavy atom. The highest BCUT2D eigenvalue weighted by molar-refractivity contribution is 5.27. The van der Waals surface area contributed by atoms with Gasteiger partial charge in [-0.25, -0.2) is 0 Å². The van der Waals surface area contributed by atoms with Gasteiger partial charge in [-0.2, -0.15) is 0 Å². The topological polar surface area (TPSA) is 15.3 Å². The summed E-state index contributed by atoms with van der Waals surface area (Å²) in [5.74, 6) is 1.68. The SMILES string of the molecule is CCN1CCC(CNC2CC(c3cccc(C)c3)C2)C1. The molecule has 1 atom stereocenters. The fourth-order valence-corrected chi connectivity index (χ4v) is 3.68. The first-order valence-electron chi connectivity index (χ1n) is 8.27. The van der Waals surface area contributed by atoms with E-state index in [1.165, 1.54) is 51.0 Å². The van der Waals surface area contributed by atoms with Crippen LogP contribution in [0.5, 0.6) is 0 Å². The molecule has 2 heteroatoms. The number of benzene rings is 1. The lowest BCUT2D eigenvalue weighted by molar-refractivity contribution is 0.271. The zero-order chi connectivity index (χ0) is 13.9. The predicted octanol–water partition coefficient (Wildman–Crippen LogP) is 3.17. The Balaban J connectivity index is 1.38. The molecule has 0 amide bonds. The van der Waals surface area contributed by atoms with Crippen molar-refractivity contribution < 1.29 is 0 Å². The smallest absolute Gasteiger partial charge is 0.00788 e. The van der Waals surface area contributed by atoms with E-state index in [9.17, 15) is 0 Å². The van der Waals surface area contributed by atoms with E-state index in [0.717, 1.165) is 17.9 Å². The first-order valence-corrected chi connectivity index (χ1v) is 8.27. The fourth-order valence-electron chi connectivity index (χ4n) is 3.68. The standard InChI is InChI=1S/C18H28N2/c1-3-20-8-7-15(13-20)12-19-18-10-17(11-18)16-6-4-5-14(2)9-16/h4-6,9,15,17-19H,3,7-8,10-13H2,1-2H3. The van der Waals surface area contributed by atoms with Gasteiger partial charge in [0, 0.05) is 12.6 Å². The maximum atomic E-state index is 3.79. The van der Waals surface area contributed by atoms with E-state index in [-0.39, 0.29) is 0 Å². The molecule has 1 aromatic carbocycles. The molecule has 1 saturated carbocycles. The molecule has 0 radical (unpaired) electrons. The van der Waals surface area contributed by atoms with Crippen molar-refractivity contribution in [1.82, 2.24) is 10.2 Å². The van der Waals surface area contributed by atoms with Gasteiger partial charge in [0.2, 0.25) is 0 Å². The Bertz CT molecular complexity index is 437. The zero-order valence-corrected chi connectivity index (χ0v) is 12.9. The minimum atomic E-state index is 0.760. The lowest BCUT2D eigenvalue weighted by Crippen LogP contribution is -2.42. The molecule has 2 fully saturated rings. The number of nitrogens with zero attached hydrogens (tertiary/aromatic N) is 1. The van der Waals surface area contributed by atoms with Gasteiger partial charge in [-0.3, -0.25) is 0 Å². The van der Waals surface area contributed by atoms with Crippen molar-refractivity contribution in [3.63, 3.8) is 0 Å². The van der Waals surface area contributed by atoms with E-state index in [4.69, 9.17) is 0 Å². The van der Waals surface area contributed by atoms with Crippen molar-refractivity contribution in [1.29, 1.82) is 0 Å². The van der Waals surface area contributed by atoms with Crippen LogP contribution in [0.3, 0.4) is 0 Å². The van der Waals surface area contributed by atoms with Crippen molar-refractivity contribution >= 4 is 0 Å². The Kier molecular flexibility index (Phi) is 4.42. The van der Waals surface area contributed by atoms with Gasteiger partial charge in [-0.1, -0.05) is 36.8 Å². The molecule has 1 saturated heterocycles. The van der Waals surface area contributed by atoms with Crippen molar-refractivity contribution in [2.24, 2.45) is 5.92 Å². The average Bonchev–Trinajstić information content (AvgIpc) is 2.85. The van der Waals surface area contributed by atoms with E-state index in [1.807, 2.05) is 0 Å². The van der Waals surface area contributed by atoms with Crippen LogP contribution in [-0.2, 0) is 0 Å². The van der Waals surface area contributed by atoms with Crippen LogP contribution in [0.1, 0.15) is 43.2 Å². The Labute approximate surface area is 123 Å². The molecule has 3 rings (SSSR count). The highest BCUT2D eigenvalue weighted by Crippen LogP contribution is 2.37. The van der Waals surface area contributed by atoms with Crippen LogP contribution < -0.4 is 5.32 Å². The second-order valence-electron chi connectivity index (χ2n) is 6.74. The van der Waals surface area contributed by atoms with E-state index in [0.29, 0.717) is 0 Å². The largest absolute Gasteiger partial charge is 0.314 e. The van der Waals surface area contributed by atoms with Gasteiger partial charge in [-0.15, -0.1) is 0 Å². The quantitative estimate of drug-likeness (QED) is 0.885. The van der Waals surface area contributed by atoms with Crippen LogP contribution in [-0.4, -0.2) is 37.1 Å². The van der Waals surface area contributed by atoms with Crippen molar-refractivity contribution in [2.45, 2.75) is 45.1 Å². The van der Waals surface area contributed by atoms with Crippen LogP contribution in [0.2, 0.25) is 0 Å². The number of hydrogen-bond acceptors (Lipinski definition) is 2. The third-order valence-corrected chi connectivity index (χ3v) is 5.16. The molecule has 0 aromatic heterocycles. The molecule has 1 N–H and O–H groups in total. The van der Waals surface area contributed by atoms with Crippen LogP contribution >= 0.6 is 0 Å². The van der Waals surface area contributed by atoms with Gasteiger partial charge < -0.3 is 10.2 Å². The number of aryl methyl sites for hydroxylation is 1. The van der Waals surface area contributed by atoms with Gasteiger partial charge >= 0.3 is 0 Å². The molecular formula is C18H28N2. The van der Waals surface area contributed by atoms with Crippen molar-refractivity contribution in [3.05, 3.63) is 35.4 Å². The van der Waals surface area contributed by atoms with Crippen LogP contribution in [0.4, 0.5) is 0 Å². The van der Waals surface area contributed by atoms with Gasteiger partial charge in [0.15, 0.2) is 0 Å². The number of likely N-dealkylation sites (tertiary alicyclic amines) is 1. The molecular weight excluding hydrogens is 244 g/mol.